The molecule has 0 aromatic heterocycles. The van der Waals surface area contributed by atoms with E-state index in [9.17, 15) is 38.4 Å². The summed E-state index contributed by atoms with van der Waals surface area (Å²) < 4.78 is 0. The summed E-state index contributed by atoms with van der Waals surface area (Å²) in [5, 5.41) is 24.2. The van der Waals surface area contributed by atoms with E-state index in [2.05, 4.69) is 42.5 Å². The Labute approximate surface area is 428 Å². The molecule has 8 atom stereocenters. The van der Waals surface area contributed by atoms with Crippen molar-refractivity contribution in [1.82, 2.24) is 52.3 Å². The Morgan fingerprint density at radius 1 is 0.528 bits per heavy atom. The van der Waals surface area contributed by atoms with E-state index in [0.29, 0.717) is 38.8 Å². The van der Waals surface area contributed by atoms with Crippen LogP contribution in [0, 0.1) is 22.7 Å². The lowest BCUT2D eigenvalue weighted by Crippen LogP contribution is -2.60. The molecule has 0 spiro atoms. The fourth-order valence-electron chi connectivity index (χ4n) is 10.7. The van der Waals surface area contributed by atoms with Crippen molar-refractivity contribution in [3.05, 3.63) is 35.4 Å². The third-order valence-electron chi connectivity index (χ3n) is 15.6. The Kier molecular flexibility index (Phi) is 21.0. The summed E-state index contributed by atoms with van der Waals surface area (Å²) >= 11 is 0. The van der Waals surface area contributed by atoms with Gasteiger partial charge in [0.2, 0.25) is 35.4 Å². The molecule has 0 bridgehead atoms. The van der Waals surface area contributed by atoms with Gasteiger partial charge >= 0.3 is 0 Å². The molecule has 2 saturated carbocycles. The minimum atomic E-state index is -0.839. The Balaban J connectivity index is 1.23. The van der Waals surface area contributed by atoms with Gasteiger partial charge in [0.15, 0.2) is 0 Å². The van der Waals surface area contributed by atoms with Crippen molar-refractivity contribution >= 4 is 47.3 Å². The standard InChI is InChI=1S/C54H88N10O8/c1-33(55-9)45(65)61-43(53(3,4)5)51(71)63-28-18-26-41(63)49(69)59-39(35-20-13-11-14-21-35)31-57-47(67)37-24-17-25-38(30-37)48(68)58-32-40(36-22-15-12-16-23-36)60-50(70)42-27-19-29-64(42)52(72)44(54(6,7)8)62-46(66)34(2)56-10/h17,24-25,30,33-36,39-44,55-56H,11-16,18-23,26-29,31-32H2,1-10H3,(H,57,67)(H,58,68)(H,59,69)(H,60,70)(H,61,65)(H,62,66)/t33-,34-,39+,40+,41-,42?,43+,44+/m0/s1. The molecule has 72 heavy (non-hydrogen) atoms. The normalized spacial score (nSPS) is 21.6. The van der Waals surface area contributed by atoms with Crippen LogP contribution < -0.4 is 42.5 Å². The molecule has 2 aliphatic heterocycles. The van der Waals surface area contributed by atoms with Crippen LogP contribution in [-0.2, 0) is 28.8 Å². The minimum absolute atomic E-state index is 0.116. The van der Waals surface area contributed by atoms with Crippen molar-refractivity contribution in [2.45, 2.75) is 194 Å². The Hall–Kier alpha value is -5.10. The number of likely N-dealkylation sites (N-methyl/N-ethyl adjacent to an activating group) is 2. The zero-order valence-electron chi connectivity index (χ0n) is 45.0. The van der Waals surface area contributed by atoms with Gasteiger partial charge in [-0.1, -0.05) is 86.1 Å². The van der Waals surface area contributed by atoms with Crippen molar-refractivity contribution in [3.63, 3.8) is 0 Å². The van der Waals surface area contributed by atoms with Gasteiger partial charge in [0.25, 0.3) is 11.8 Å². The quantitative estimate of drug-likeness (QED) is 0.0946. The molecule has 2 heterocycles. The molecule has 1 aromatic rings. The Morgan fingerprint density at radius 2 is 0.889 bits per heavy atom. The maximum Gasteiger partial charge on any atom is 0.251 e. The molecule has 1 unspecified atom stereocenters. The highest BCUT2D eigenvalue weighted by molar-refractivity contribution is 6.00. The van der Waals surface area contributed by atoms with Gasteiger partial charge in [-0.25, -0.2) is 0 Å². The molecule has 5 rings (SSSR count). The maximum absolute atomic E-state index is 14.2. The van der Waals surface area contributed by atoms with Crippen LogP contribution in [0.5, 0.6) is 0 Å². The first-order chi connectivity index (χ1) is 34.0. The van der Waals surface area contributed by atoms with Gasteiger partial charge in [0, 0.05) is 49.4 Å². The van der Waals surface area contributed by atoms with E-state index in [0.717, 1.165) is 64.2 Å². The number of hydrogen-bond donors (Lipinski definition) is 8. The lowest BCUT2D eigenvalue weighted by molar-refractivity contribution is -0.144. The summed E-state index contributed by atoms with van der Waals surface area (Å²) in [6.07, 6.45) is 12.0. The number of benzene rings is 1. The molecule has 0 radical (unpaired) electrons. The van der Waals surface area contributed by atoms with Gasteiger partial charge in [0.1, 0.15) is 24.2 Å². The molecule has 18 heteroatoms. The molecule has 1 aromatic carbocycles. The minimum Gasteiger partial charge on any atom is -0.350 e. The summed E-state index contributed by atoms with van der Waals surface area (Å²) in [6, 6.07) is 1.57. The summed E-state index contributed by atoms with van der Waals surface area (Å²) in [6.45, 7) is 15.9. The highest BCUT2D eigenvalue weighted by atomic mass is 16.2. The van der Waals surface area contributed by atoms with E-state index in [4.69, 9.17) is 0 Å². The molecular formula is C54H88N10O8. The largest absolute Gasteiger partial charge is 0.350 e. The van der Waals surface area contributed by atoms with Crippen LogP contribution in [0.3, 0.4) is 0 Å². The predicted octanol–water partition coefficient (Wildman–Crippen LogP) is 3.54. The highest BCUT2D eigenvalue weighted by Crippen LogP contribution is 2.31. The van der Waals surface area contributed by atoms with Gasteiger partial charge in [-0.05, 0) is 120 Å². The third-order valence-corrected chi connectivity index (χ3v) is 15.6. The van der Waals surface area contributed by atoms with E-state index in [-0.39, 0.29) is 71.5 Å². The van der Waals surface area contributed by atoms with E-state index >= 15 is 0 Å². The summed E-state index contributed by atoms with van der Waals surface area (Å²) in [7, 11) is 3.36. The zero-order valence-corrected chi connectivity index (χ0v) is 45.0. The molecule has 8 N–H and O–H groups in total. The Bertz CT molecular complexity index is 1920. The topological polar surface area (TPSA) is 239 Å². The van der Waals surface area contributed by atoms with Crippen molar-refractivity contribution in [2.75, 3.05) is 40.3 Å². The molecule has 4 aliphatic rings. The smallest absolute Gasteiger partial charge is 0.251 e. The first-order valence-corrected chi connectivity index (χ1v) is 26.9. The number of rotatable bonds is 20. The fourth-order valence-corrected chi connectivity index (χ4v) is 10.7. The number of nitrogens with one attached hydrogen (secondary N) is 8. The van der Waals surface area contributed by atoms with E-state index in [1.165, 1.54) is 0 Å². The maximum atomic E-state index is 14.2. The van der Waals surface area contributed by atoms with Crippen LogP contribution in [0.1, 0.15) is 166 Å². The summed E-state index contributed by atoms with van der Waals surface area (Å²) in [5.41, 5.74) is -0.669. The first-order valence-electron chi connectivity index (χ1n) is 26.9. The predicted molar refractivity (Wildman–Crippen MR) is 277 cm³/mol. The second-order valence-electron chi connectivity index (χ2n) is 23.0. The number of hydrogen-bond acceptors (Lipinski definition) is 10. The van der Waals surface area contributed by atoms with Gasteiger partial charge in [-0.2, -0.15) is 0 Å². The zero-order chi connectivity index (χ0) is 52.9. The SMILES string of the molecule is CN[C@@H](C)C(=O)N[C@H](C(=O)N1CCCC1C(=O)N[C@H](CNC(=O)c1cccc(C(=O)NC[C@@H](NC(=O)[C@@H]2CCCN2C(=O)[C@@H](NC(=O)[C@H](C)NC)C(C)(C)C)C2CCCCC2)c1)C1CCCCC1)C(C)(C)C. The number of nitrogens with zero attached hydrogens (tertiary/aromatic N) is 2. The van der Waals surface area contributed by atoms with Gasteiger partial charge < -0.3 is 52.3 Å². The summed E-state index contributed by atoms with van der Waals surface area (Å²) in [5.74, 6) is -2.31. The van der Waals surface area contributed by atoms with Crippen molar-refractivity contribution in [1.29, 1.82) is 0 Å². The average Bonchev–Trinajstić information content (AvgIpc) is 4.08. The van der Waals surface area contributed by atoms with Crippen LogP contribution in [-0.4, -0.2) is 146 Å². The van der Waals surface area contributed by atoms with Crippen molar-refractivity contribution in [3.8, 4) is 0 Å². The van der Waals surface area contributed by atoms with Crippen molar-refractivity contribution in [2.24, 2.45) is 22.7 Å². The molecule has 4 fully saturated rings. The van der Waals surface area contributed by atoms with Gasteiger partial charge in [-0.3, -0.25) is 38.4 Å². The molecule has 18 nitrogen and oxygen atoms in total. The first kappa shape index (κ1) is 57.8. The second-order valence-corrected chi connectivity index (χ2v) is 23.0. The van der Waals surface area contributed by atoms with Crippen LogP contribution in [0.2, 0.25) is 0 Å². The average molecular weight is 1010 g/mol. The summed E-state index contributed by atoms with van der Waals surface area (Å²) in [4.78, 5) is 113. The van der Waals surface area contributed by atoms with Crippen LogP contribution in [0.25, 0.3) is 0 Å². The molecule has 2 aliphatic carbocycles. The van der Waals surface area contributed by atoms with Gasteiger partial charge in [-0.15, -0.1) is 0 Å². The number of amides is 8. The van der Waals surface area contributed by atoms with E-state index in [1.807, 2.05) is 41.5 Å². The fraction of sp³-hybridized carbons (Fsp3) is 0.741. The van der Waals surface area contributed by atoms with Crippen LogP contribution in [0.4, 0.5) is 0 Å². The van der Waals surface area contributed by atoms with Crippen LogP contribution in [0.15, 0.2) is 24.3 Å². The number of carbonyl (C=O) groups excluding carboxylic acids is 8. The molecule has 402 valence electrons. The monoisotopic (exact) mass is 1000 g/mol. The van der Waals surface area contributed by atoms with E-state index in [1.54, 1.807) is 62.0 Å². The van der Waals surface area contributed by atoms with Crippen LogP contribution >= 0.6 is 0 Å². The third kappa shape index (κ3) is 15.5. The number of carbonyl (C=O) groups is 8. The molecular weight excluding hydrogens is 917 g/mol. The molecule has 2 saturated heterocycles. The number of likely N-dealkylation sites (tertiary alicyclic amines) is 2. The van der Waals surface area contributed by atoms with Crippen molar-refractivity contribution < 1.29 is 38.4 Å². The van der Waals surface area contributed by atoms with Gasteiger partial charge in [0.05, 0.1) is 12.1 Å². The molecule has 8 amide bonds. The Morgan fingerprint density at radius 3 is 1.22 bits per heavy atom. The van der Waals surface area contributed by atoms with E-state index < -0.39 is 71.0 Å². The highest BCUT2D eigenvalue weighted by Gasteiger charge is 2.45. The second kappa shape index (κ2) is 26.2. The lowest BCUT2D eigenvalue weighted by Gasteiger charge is -2.37. The lowest BCUT2D eigenvalue weighted by atomic mass is 9.83.